The molecular weight excluding hydrogens is 441 g/mol. The van der Waals surface area contributed by atoms with Gasteiger partial charge in [0.2, 0.25) is 0 Å². The van der Waals surface area contributed by atoms with Crippen LogP contribution in [0.2, 0.25) is 0 Å². The quantitative estimate of drug-likeness (QED) is 0.575. The molecule has 0 saturated carbocycles. The van der Waals surface area contributed by atoms with Crippen molar-refractivity contribution in [2.75, 3.05) is 13.7 Å². The summed E-state index contributed by atoms with van der Waals surface area (Å²) in [6, 6.07) is 5.37. The number of aromatic nitrogens is 1. The maximum atomic E-state index is 13.9. The van der Waals surface area contributed by atoms with Crippen LogP contribution in [-0.4, -0.2) is 52.8 Å². The number of pyridine rings is 1. The number of carbonyl (C=O) groups is 2. The van der Waals surface area contributed by atoms with Crippen molar-refractivity contribution in [1.82, 2.24) is 9.88 Å². The van der Waals surface area contributed by atoms with Crippen LogP contribution in [0.5, 0.6) is 5.75 Å². The van der Waals surface area contributed by atoms with Gasteiger partial charge in [-0.2, -0.15) is 13.2 Å². The minimum atomic E-state index is -4.77. The number of nitrogens with zero attached hydrogens (tertiary/aromatic N) is 2. The second-order valence-corrected chi connectivity index (χ2v) is 9.07. The molecule has 176 valence electrons. The van der Waals surface area contributed by atoms with E-state index in [9.17, 15) is 22.8 Å². The topological polar surface area (TPSA) is 78.0 Å². The molecule has 1 aromatic carbocycles. The van der Waals surface area contributed by atoms with Crippen LogP contribution in [0.25, 0.3) is 17.0 Å². The van der Waals surface area contributed by atoms with Gasteiger partial charge in [0.1, 0.15) is 17.2 Å². The molecule has 2 aromatic rings. The number of halogens is 3. The standard InChI is InChI=1S/C23H23F3N2O5/c1-21(2,3)33-20(30)28-12-22(11-16(28)19(29)31-4)10-9-14-13-7-5-6-8-15(13)27-18(17(14)32-22)23(24,25)26/h5-10,16H,11-12H2,1-4H3. The summed E-state index contributed by atoms with van der Waals surface area (Å²) in [5, 5.41) is 0.498. The van der Waals surface area contributed by atoms with Crippen molar-refractivity contribution in [1.29, 1.82) is 0 Å². The highest BCUT2D eigenvalue weighted by molar-refractivity contribution is 5.92. The fraction of sp³-hybridized carbons (Fsp3) is 0.435. The first-order chi connectivity index (χ1) is 15.3. The minimum Gasteiger partial charge on any atom is -0.478 e. The highest BCUT2D eigenvalue weighted by Crippen LogP contribution is 2.47. The molecule has 0 bridgehead atoms. The normalized spacial score (nSPS) is 22.3. The molecule has 1 fully saturated rings. The summed E-state index contributed by atoms with van der Waals surface area (Å²) in [5.41, 5.74) is -2.96. The second-order valence-electron chi connectivity index (χ2n) is 9.07. The second kappa shape index (κ2) is 7.64. The van der Waals surface area contributed by atoms with E-state index in [4.69, 9.17) is 14.2 Å². The highest BCUT2D eigenvalue weighted by Gasteiger charge is 2.53. The zero-order valence-corrected chi connectivity index (χ0v) is 18.5. The molecule has 0 N–H and O–H groups in total. The molecule has 2 atom stereocenters. The van der Waals surface area contributed by atoms with Crippen molar-refractivity contribution in [3.05, 3.63) is 41.6 Å². The number of esters is 1. The Hall–Kier alpha value is -3.30. The van der Waals surface area contributed by atoms with Crippen molar-refractivity contribution in [2.24, 2.45) is 0 Å². The van der Waals surface area contributed by atoms with Crippen molar-refractivity contribution in [3.8, 4) is 5.75 Å². The monoisotopic (exact) mass is 464 g/mol. The van der Waals surface area contributed by atoms with E-state index in [1.807, 2.05) is 0 Å². The Bertz CT molecular complexity index is 1160. The third-order valence-electron chi connectivity index (χ3n) is 5.47. The van der Waals surface area contributed by atoms with E-state index in [-0.39, 0.29) is 24.0 Å². The van der Waals surface area contributed by atoms with Crippen LogP contribution in [0.1, 0.15) is 38.4 Å². The van der Waals surface area contributed by atoms with Gasteiger partial charge in [-0.25, -0.2) is 14.6 Å². The van der Waals surface area contributed by atoms with Crippen molar-refractivity contribution in [2.45, 2.75) is 50.6 Å². The molecule has 1 amide bonds. The van der Waals surface area contributed by atoms with E-state index < -0.39 is 46.9 Å². The fourth-order valence-electron chi connectivity index (χ4n) is 4.11. The van der Waals surface area contributed by atoms with E-state index >= 15 is 0 Å². The van der Waals surface area contributed by atoms with Crippen LogP contribution >= 0.6 is 0 Å². The molecule has 1 spiro atoms. The number of alkyl halides is 3. The Morgan fingerprint density at radius 1 is 1.21 bits per heavy atom. The average Bonchev–Trinajstić information content (AvgIpc) is 3.09. The summed E-state index contributed by atoms with van der Waals surface area (Å²) in [5.74, 6) is -1.15. The lowest BCUT2D eigenvalue weighted by molar-refractivity contribution is -0.146. The predicted molar refractivity (Wildman–Crippen MR) is 112 cm³/mol. The van der Waals surface area contributed by atoms with Crippen LogP contribution in [0.15, 0.2) is 30.3 Å². The molecule has 3 heterocycles. The molecule has 2 unspecified atom stereocenters. The first-order valence-corrected chi connectivity index (χ1v) is 10.3. The van der Waals surface area contributed by atoms with Crippen molar-refractivity contribution < 1.29 is 37.0 Å². The number of hydrogen-bond donors (Lipinski definition) is 0. The molecule has 7 nitrogen and oxygen atoms in total. The summed E-state index contributed by atoms with van der Waals surface area (Å²) in [7, 11) is 1.17. The lowest BCUT2D eigenvalue weighted by Gasteiger charge is -2.33. The highest BCUT2D eigenvalue weighted by atomic mass is 19.4. The smallest absolute Gasteiger partial charge is 0.437 e. The molecule has 0 aliphatic carbocycles. The molecule has 4 rings (SSSR count). The molecule has 2 aliphatic rings. The van der Waals surface area contributed by atoms with E-state index in [0.717, 1.165) is 4.90 Å². The molecule has 1 aromatic heterocycles. The molecule has 0 radical (unpaired) electrons. The van der Waals surface area contributed by atoms with Crippen LogP contribution in [0.3, 0.4) is 0 Å². The Morgan fingerprint density at radius 3 is 2.55 bits per heavy atom. The van der Waals surface area contributed by atoms with Gasteiger partial charge < -0.3 is 14.2 Å². The molecule has 33 heavy (non-hydrogen) atoms. The fourth-order valence-corrected chi connectivity index (χ4v) is 4.11. The number of likely N-dealkylation sites (tertiary alicyclic amines) is 1. The van der Waals surface area contributed by atoms with Gasteiger partial charge in [-0.3, -0.25) is 4.90 Å². The van der Waals surface area contributed by atoms with Crippen LogP contribution in [0, 0.1) is 0 Å². The third kappa shape index (κ3) is 4.21. The van der Waals surface area contributed by atoms with Gasteiger partial charge >= 0.3 is 18.2 Å². The SMILES string of the molecule is COC(=O)C1CC2(C=Cc3c(c(C(F)(F)F)nc4ccccc34)O2)CN1C(=O)OC(C)(C)C. The first-order valence-electron chi connectivity index (χ1n) is 10.3. The number of benzene rings is 1. The summed E-state index contributed by atoms with van der Waals surface area (Å²) >= 11 is 0. The average molecular weight is 464 g/mol. The number of methoxy groups -OCH3 is 1. The lowest BCUT2D eigenvalue weighted by Crippen LogP contribution is -2.45. The van der Waals surface area contributed by atoms with Gasteiger partial charge in [0.05, 0.1) is 19.2 Å². The lowest BCUT2D eigenvalue weighted by atomic mass is 9.93. The molecular formula is C23H23F3N2O5. The number of amides is 1. The number of carbonyl (C=O) groups excluding carboxylic acids is 2. The summed E-state index contributed by atoms with van der Waals surface area (Å²) in [4.78, 5) is 30.2. The van der Waals surface area contributed by atoms with E-state index in [2.05, 4.69) is 4.98 Å². The Balaban J connectivity index is 1.78. The minimum absolute atomic E-state index is 0.0982. The number of hydrogen-bond acceptors (Lipinski definition) is 6. The Morgan fingerprint density at radius 2 is 1.91 bits per heavy atom. The zero-order chi connectivity index (χ0) is 24.2. The van der Waals surface area contributed by atoms with Crippen LogP contribution < -0.4 is 4.74 Å². The number of fused-ring (bicyclic) bond motifs is 3. The maximum Gasteiger partial charge on any atom is 0.437 e. The van der Waals surface area contributed by atoms with Gasteiger partial charge in [-0.05, 0) is 32.9 Å². The van der Waals surface area contributed by atoms with Crippen LogP contribution in [0.4, 0.5) is 18.0 Å². The molecule has 2 aliphatic heterocycles. The summed E-state index contributed by atoms with van der Waals surface area (Å²) in [6.45, 7) is 4.82. The Kier molecular flexibility index (Phi) is 5.29. The van der Waals surface area contributed by atoms with Crippen molar-refractivity contribution in [3.63, 3.8) is 0 Å². The summed E-state index contributed by atoms with van der Waals surface area (Å²) in [6.07, 6.45) is -2.54. The number of rotatable bonds is 1. The van der Waals surface area contributed by atoms with Gasteiger partial charge in [0.25, 0.3) is 0 Å². The molecule has 1 saturated heterocycles. The predicted octanol–water partition coefficient (Wildman–Crippen LogP) is 4.58. The van der Waals surface area contributed by atoms with Gasteiger partial charge in [-0.15, -0.1) is 0 Å². The van der Waals surface area contributed by atoms with E-state index in [1.165, 1.54) is 19.3 Å². The first kappa shape index (κ1) is 22.9. The van der Waals surface area contributed by atoms with Gasteiger partial charge in [0, 0.05) is 17.4 Å². The largest absolute Gasteiger partial charge is 0.478 e. The van der Waals surface area contributed by atoms with Crippen LogP contribution in [-0.2, 0) is 20.4 Å². The Labute approximate surface area is 188 Å². The number of para-hydroxylation sites is 1. The summed E-state index contributed by atoms with van der Waals surface area (Å²) < 4.78 is 57.9. The molecule has 10 heteroatoms. The zero-order valence-electron chi connectivity index (χ0n) is 18.5. The van der Waals surface area contributed by atoms with Crippen molar-refractivity contribution >= 4 is 29.0 Å². The third-order valence-corrected chi connectivity index (χ3v) is 5.47. The van der Waals surface area contributed by atoms with E-state index in [1.54, 1.807) is 45.0 Å². The van der Waals surface area contributed by atoms with Gasteiger partial charge in [-0.1, -0.05) is 24.3 Å². The van der Waals surface area contributed by atoms with Gasteiger partial charge in [0.15, 0.2) is 11.4 Å². The van der Waals surface area contributed by atoms with E-state index in [0.29, 0.717) is 5.39 Å². The maximum absolute atomic E-state index is 13.9. The number of ether oxygens (including phenoxy) is 3.